The molecule has 2 heterocycles. The van der Waals surface area contributed by atoms with Gasteiger partial charge in [0.25, 0.3) is 0 Å². The number of fused-ring (bicyclic) bond motifs is 8. The molecule has 9 aromatic carbocycles. The van der Waals surface area contributed by atoms with Crippen LogP contribution in [0.1, 0.15) is 105 Å². The van der Waals surface area contributed by atoms with Gasteiger partial charge in [-0.1, -0.05) is 162 Å². The fourth-order valence-corrected chi connectivity index (χ4v) is 10.6. The number of hydrogen-bond donors (Lipinski definition) is 0. The molecule has 3 heteroatoms. The molecule has 3 nitrogen and oxygen atoms in total. The van der Waals surface area contributed by atoms with Crippen molar-refractivity contribution in [2.75, 3.05) is 9.80 Å². The standard InChI is InChI=1S/C66H65N3/c1-63(2,3)46-18-28-50(29-19-46)67(51-30-20-47(21-31-51)64(4,5)6)54-26-16-42-38-58-56-14-13-15-57-59-39-43-17-27-55(37-45(43)41-61(59)69(62(56)57)60(58)40-44(42)36-54)68(52-32-22-48(23-33-52)65(7,8)9)53-34-24-49(25-35-53)66(10,11)12/h13-41H,1-12H3. The summed E-state index contributed by atoms with van der Waals surface area (Å²) in [5, 5.41) is 10.0. The minimum Gasteiger partial charge on any atom is -0.310 e. The lowest BCUT2D eigenvalue weighted by molar-refractivity contribution is 0.590. The van der Waals surface area contributed by atoms with Crippen LogP contribution in [0.5, 0.6) is 0 Å². The van der Waals surface area contributed by atoms with E-state index in [0.29, 0.717) is 0 Å². The minimum atomic E-state index is 0.0689. The molecule has 69 heavy (non-hydrogen) atoms. The lowest BCUT2D eigenvalue weighted by Crippen LogP contribution is -2.14. The minimum absolute atomic E-state index is 0.0689. The van der Waals surface area contributed by atoms with Crippen molar-refractivity contribution in [1.82, 2.24) is 4.40 Å². The third-order valence-corrected chi connectivity index (χ3v) is 14.7. The van der Waals surface area contributed by atoms with E-state index < -0.39 is 0 Å². The lowest BCUT2D eigenvalue weighted by atomic mass is 9.86. The number of para-hydroxylation sites is 1. The Bertz CT molecular complexity index is 3350. The summed E-state index contributed by atoms with van der Waals surface area (Å²) in [6, 6.07) is 67.1. The number of hydrogen-bond acceptors (Lipinski definition) is 2. The van der Waals surface area contributed by atoms with Gasteiger partial charge in [-0.3, -0.25) is 0 Å². The van der Waals surface area contributed by atoms with Crippen LogP contribution in [0.15, 0.2) is 176 Å². The molecule has 0 unspecified atom stereocenters. The van der Waals surface area contributed by atoms with E-state index in [2.05, 4.69) is 273 Å². The Labute approximate surface area is 409 Å². The van der Waals surface area contributed by atoms with E-state index in [4.69, 9.17) is 0 Å². The van der Waals surface area contributed by atoms with Gasteiger partial charge in [0.05, 0.1) is 16.6 Å². The third-order valence-electron chi connectivity index (χ3n) is 14.7. The lowest BCUT2D eigenvalue weighted by Gasteiger charge is -2.28. The molecule has 0 aliphatic rings. The van der Waals surface area contributed by atoms with Gasteiger partial charge in [-0.2, -0.15) is 0 Å². The summed E-state index contributed by atoms with van der Waals surface area (Å²) in [7, 11) is 0. The van der Waals surface area contributed by atoms with E-state index in [0.717, 1.165) is 34.1 Å². The molecule has 11 rings (SSSR count). The van der Waals surface area contributed by atoms with Crippen molar-refractivity contribution < 1.29 is 0 Å². The molecule has 0 fully saturated rings. The Balaban J connectivity index is 1.08. The number of nitrogens with zero attached hydrogens (tertiary/aromatic N) is 3. The van der Waals surface area contributed by atoms with Crippen molar-refractivity contribution in [1.29, 1.82) is 0 Å². The van der Waals surface area contributed by atoms with Gasteiger partial charge in [-0.15, -0.1) is 0 Å². The van der Waals surface area contributed by atoms with Gasteiger partial charge in [0.2, 0.25) is 0 Å². The topological polar surface area (TPSA) is 10.9 Å². The van der Waals surface area contributed by atoms with Crippen molar-refractivity contribution >= 4 is 93.8 Å². The van der Waals surface area contributed by atoms with Crippen LogP contribution in [-0.2, 0) is 21.7 Å². The van der Waals surface area contributed by atoms with E-state index in [1.54, 1.807) is 0 Å². The quantitative estimate of drug-likeness (QED) is 0.165. The molecule has 0 N–H and O–H groups in total. The molecular weight excluding hydrogens is 835 g/mol. The molecule has 0 aliphatic carbocycles. The highest BCUT2D eigenvalue weighted by atomic mass is 15.1. The zero-order chi connectivity index (χ0) is 48.4. The summed E-state index contributed by atoms with van der Waals surface area (Å²) in [5.74, 6) is 0. The van der Waals surface area contributed by atoms with Gasteiger partial charge >= 0.3 is 0 Å². The maximum Gasteiger partial charge on any atom is 0.0620 e. The molecule has 0 saturated heterocycles. The van der Waals surface area contributed by atoms with Crippen LogP contribution < -0.4 is 9.80 Å². The van der Waals surface area contributed by atoms with Crippen LogP contribution in [0.2, 0.25) is 0 Å². The molecule has 0 radical (unpaired) electrons. The first kappa shape index (κ1) is 44.4. The molecule has 2 aromatic heterocycles. The van der Waals surface area contributed by atoms with E-state index in [-0.39, 0.29) is 21.7 Å². The first-order valence-electron chi connectivity index (χ1n) is 24.8. The fraction of sp³-hybridized carbons (Fsp3) is 0.242. The molecule has 0 saturated carbocycles. The van der Waals surface area contributed by atoms with Gasteiger partial charge in [0.1, 0.15) is 0 Å². The van der Waals surface area contributed by atoms with Crippen molar-refractivity contribution in [2.24, 2.45) is 0 Å². The monoisotopic (exact) mass is 900 g/mol. The van der Waals surface area contributed by atoms with Crippen LogP contribution in [0, 0.1) is 0 Å². The molecule has 0 spiro atoms. The second-order valence-electron chi connectivity index (χ2n) is 23.7. The summed E-state index contributed by atoms with van der Waals surface area (Å²) in [6.07, 6.45) is 0. The maximum atomic E-state index is 2.54. The number of anilines is 6. The van der Waals surface area contributed by atoms with E-state index in [9.17, 15) is 0 Å². The number of rotatable bonds is 6. The van der Waals surface area contributed by atoms with Gasteiger partial charge in [0.15, 0.2) is 0 Å². The van der Waals surface area contributed by atoms with E-state index in [1.165, 1.54) is 81.9 Å². The maximum absolute atomic E-state index is 2.54. The van der Waals surface area contributed by atoms with Crippen LogP contribution in [0.3, 0.4) is 0 Å². The summed E-state index contributed by atoms with van der Waals surface area (Å²) < 4.78 is 2.54. The van der Waals surface area contributed by atoms with Crippen LogP contribution >= 0.6 is 0 Å². The second-order valence-corrected chi connectivity index (χ2v) is 23.7. The molecule has 0 aliphatic heterocycles. The predicted molar refractivity (Wildman–Crippen MR) is 300 cm³/mol. The van der Waals surface area contributed by atoms with Crippen molar-refractivity contribution in [3.05, 3.63) is 198 Å². The molecule has 344 valence electrons. The van der Waals surface area contributed by atoms with Gasteiger partial charge in [-0.25, -0.2) is 0 Å². The third kappa shape index (κ3) is 7.77. The van der Waals surface area contributed by atoms with Crippen molar-refractivity contribution in [3.8, 4) is 0 Å². The molecule has 0 atom stereocenters. The van der Waals surface area contributed by atoms with Gasteiger partial charge < -0.3 is 14.2 Å². The summed E-state index contributed by atoms with van der Waals surface area (Å²) >= 11 is 0. The first-order valence-corrected chi connectivity index (χ1v) is 24.8. The summed E-state index contributed by atoms with van der Waals surface area (Å²) in [6.45, 7) is 27.4. The van der Waals surface area contributed by atoms with Crippen LogP contribution in [0.25, 0.3) is 59.6 Å². The number of benzene rings is 9. The normalized spacial score (nSPS) is 12.9. The molecule has 0 bridgehead atoms. The Hall–Kier alpha value is -7.10. The predicted octanol–water partition coefficient (Wildman–Crippen LogP) is 19.3. The summed E-state index contributed by atoms with van der Waals surface area (Å²) in [4.78, 5) is 4.82. The Morgan fingerprint density at radius 3 is 0.855 bits per heavy atom. The zero-order valence-corrected chi connectivity index (χ0v) is 42.6. The highest BCUT2D eigenvalue weighted by Gasteiger charge is 2.23. The fourth-order valence-electron chi connectivity index (χ4n) is 10.6. The van der Waals surface area contributed by atoms with E-state index in [1.807, 2.05) is 0 Å². The molecular formula is C66H65N3. The van der Waals surface area contributed by atoms with Gasteiger partial charge in [-0.05, 0) is 163 Å². The first-order chi connectivity index (χ1) is 32.7. The SMILES string of the molecule is CC(C)(C)c1ccc(N(c2ccc(C(C)(C)C)cc2)c2ccc3cc4c5cccc6c7cc8ccc(N(c9ccc(C(C)(C)C)cc9)c9ccc(C(C)(C)C)cc9)cc8cc7n(c4cc3c2)c56)cc1. The zero-order valence-electron chi connectivity index (χ0n) is 42.6. The van der Waals surface area contributed by atoms with E-state index >= 15 is 0 Å². The highest BCUT2D eigenvalue weighted by molar-refractivity contribution is 6.26. The van der Waals surface area contributed by atoms with Crippen molar-refractivity contribution in [3.63, 3.8) is 0 Å². The van der Waals surface area contributed by atoms with Gasteiger partial charge in [0, 0.05) is 55.7 Å². The highest BCUT2D eigenvalue weighted by Crippen LogP contribution is 2.45. The average Bonchev–Trinajstić information content (AvgIpc) is 3.81. The molecule has 11 aromatic rings. The Kier molecular flexibility index (Phi) is 10.1. The Morgan fingerprint density at radius 2 is 0.565 bits per heavy atom. The average molecular weight is 900 g/mol. The smallest absolute Gasteiger partial charge is 0.0620 e. The van der Waals surface area contributed by atoms with Crippen molar-refractivity contribution in [2.45, 2.75) is 105 Å². The summed E-state index contributed by atoms with van der Waals surface area (Å²) in [5.41, 5.74) is 16.2. The number of aromatic nitrogens is 1. The molecule has 0 amide bonds. The van der Waals surface area contributed by atoms with Crippen LogP contribution in [-0.4, -0.2) is 4.40 Å². The Morgan fingerprint density at radius 1 is 0.275 bits per heavy atom. The largest absolute Gasteiger partial charge is 0.310 e. The van der Waals surface area contributed by atoms with Crippen LogP contribution in [0.4, 0.5) is 34.1 Å². The second kappa shape index (κ2) is 15.7.